The maximum Gasteiger partial charge on any atom is 0.366 e. The molecule has 2 aromatic carbocycles. The molecule has 1 saturated heterocycles. The average Bonchev–Trinajstić information content (AvgIpc) is 3.69. The van der Waals surface area contributed by atoms with E-state index in [1.165, 1.54) is 13.1 Å². The predicted molar refractivity (Wildman–Crippen MR) is 168 cm³/mol. The van der Waals surface area contributed by atoms with Gasteiger partial charge in [0.25, 0.3) is 5.91 Å². The molecule has 0 atom stereocenters. The molecule has 2 N–H and O–H groups in total. The van der Waals surface area contributed by atoms with Crippen molar-refractivity contribution >= 4 is 17.5 Å². The van der Waals surface area contributed by atoms with Gasteiger partial charge in [0.2, 0.25) is 0 Å². The fraction of sp³-hybridized carbons (Fsp3) is 0.344. The van der Waals surface area contributed by atoms with Crippen LogP contribution in [0.2, 0.25) is 0 Å². The van der Waals surface area contributed by atoms with Crippen molar-refractivity contribution in [1.82, 2.24) is 39.8 Å². The number of phenols is 1. The molecule has 0 bridgehead atoms. The van der Waals surface area contributed by atoms with Gasteiger partial charge in [0.1, 0.15) is 17.8 Å². The first-order valence-electron chi connectivity index (χ1n) is 15.2. The van der Waals surface area contributed by atoms with Crippen molar-refractivity contribution in [3.63, 3.8) is 0 Å². The maximum absolute atomic E-state index is 13.5. The van der Waals surface area contributed by atoms with Gasteiger partial charge < -0.3 is 24.4 Å². The number of carbonyl (C=O) groups excluding carboxylic acids is 2. The average molecular weight is 643 g/mol. The van der Waals surface area contributed by atoms with E-state index in [1.807, 2.05) is 38.1 Å². The lowest BCUT2D eigenvalue weighted by atomic mass is 9.93. The topological polar surface area (TPSA) is 179 Å². The maximum atomic E-state index is 13.5. The molecular weight excluding hydrogens is 608 g/mol. The second-order valence-electron chi connectivity index (χ2n) is 11.4. The molecule has 1 fully saturated rings. The summed E-state index contributed by atoms with van der Waals surface area (Å²) in [7, 11) is 1.42. The number of morpholine rings is 1. The molecule has 4 heterocycles. The van der Waals surface area contributed by atoms with Crippen LogP contribution in [0, 0.1) is 0 Å². The number of aryl methyl sites for hydroxylation is 1. The zero-order chi connectivity index (χ0) is 33.2. The molecule has 1 amide bonds. The Morgan fingerprint density at radius 3 is 2.55 bits per heavy atom. The first-order chi connectivity index (χ1) is 22.7. The summed E-state index contributed by atoms with van der Waals surface area (Å²) < 4.78 is 19.2. The fourth-order valence-corrected chi connectivity index (χ4v) is 5.42. The van der Waals surface area contributed by atoms with Crippen LogP contribution in [0.3, 0.4) is 0 Å². The van der Waals surface area contributed by atoms with Crippen molar-refractivity contribution < 1.29 is 28.7 Å². The van der Waals surface area contributed by atoms with Crippen molar-refractivity contribution in [2.75, 3.05) is 32.8 Å². The van der Waals surface area contributed by atoms with E-state index in [2.05, 4.69) is 30.7 Å². The van der Waals surface area contributed by atoms with Gasteiger partial charge in [-0.2, -0.15) is 4.68 Å². The van der Waals surface area contributed by atoms with E-state index in [9.17, 15) is 19.5 Å². The Balaban J connectivity index is 1.44. The number of ether oxygens (including phenoxy) is 2. The van der Waals surface area contributed by atoms with Crippen LogP contribution in [0.15, 0.2) is 52.0 Å². The molecular formula is C32H34N8O7. The van der Waals surface area contributed by atoms with Gasteiger partial charge in [0, 0.05) is 39.3 Å². The molecule has 3 aromatic heterocycles. The van der Waals surface area contributed by atoms with E-state index in [0.29, 0.717) is 36.4 Å². The van der Waals surface area contributed by atoms with Gasteiger partial charge >= 0.3 is 11.7 Å². The summed E-state index contributed by atoms with van der Waals surface area (Å²) >= 11 is 0. The Hall–Kier alpha value is -5.41. The molecule has 5 aromatic rings. The number of amides is 1. The van der Waals surface area contributed by atoms with E-state index < -0.39 is 17.6 Å². The predicted octanol–water partition coefficient (Wildman–Crippen LogP) is 2.78. The monoisotopic (exact) mass is 642 g/mol. The molecule has 0 spiro atoms. The molecule has 1 aliphatic heterocycles. The number of nitrogens with one attached hydrogen (secondary N) is 1. The molecule has 47 heavy (non-hydrogen) atoms. The van der Waals surface area contributed by atoms with E-state index in [0.717, 1.165) is 40.6 Å². The summed E-state index contributed by atoms with van der Waals surface area (Å²) in [6.45, 7) is 9.78. The van der Waals surface area contributed by atoms with E-state index in [4.69, 9.17) is 14.0 Å². The van der Waals surface area contributed by atoms with Gasteiger partial charge in [0.15, 0.2) is 22.8 Å². The number of nitrogens with zero attached hydrogens (tertiary/aromatic N) is 7. The van der Waals surface area contributed by atoms with Crippen LogP contribution in [0.25, 0.3) is 28.1 Å². The van der Waals surface area contributed by atoms with Crippen molar-refractivity contribution in [3.8, 4) is 33.9 Å². The summed E-state index contributed by atoms with van der Waals surface area (Å²) in [6.07, 6.45) is 1.15. The van der Waals surface area contributed by atoms with Crippen molar-refractivity contribution in [1.29, 1.82) is 0 Å². The normalized spacial score (nSPS) is 13.7. The van der Waals surface area contributed by atoms with Crippen LogP contribution in [0.4, 0.5) is 0 Å². The Morgan fingerprint density at radius 2 is 1.85 bits per heavy atom. The number of benzene rings is 2. The third-order valence-corrected chi connectivity index (χ3v) is 7.89. The molecule has 15 nitrogen and oxygen atoms in total. The third-order valence-electron chi connectivity index (χ3n) is 7.89. The number of imidazole rings is 1. The van der Waals surface area contributed by atoms with Crippen LogP contribution in [0.5, 0.6) is 11.5 Å². The third kappa shape index (κ3) is 6.22. The number of esters is 1. The minimum Gasteiger partial charge on any atom is -0.508 e. The van der Waals surface area contributed by atoms with Crippen LogP contribution in [-0.2, 0) is 18.3 Å². The highest BCUT2D eigenvalue weighted by Gasteiger charge is 2.29. The van der Waals surface area contributed by atoms with Crippen LogP contribution >= 0.6 is 0 Å². The van der Waals surface area contributed by atoms with Gasteiger partial charge in [-0.05, 0) is 35.6 Å². The second-order valence-corrected chi connectivity index (χ2v) is 11.4. The van der Waals surface area contributed by atoms with E-state index in [1.54, 1.807) is 13.0 Å². The molecule has 0 saturated carbocycles. The zero-order valence-electron chi connectivity index (χ0n) is 26.4. The summed E-state index contributed by atoms with van der Waals surface area (Å²) in [5, 5.41) is 25.5. The Kier molecular flexibility index (Phi) is 8.82. The van der Waals surface area contributed by atoms with E-state index >= 15 is 0 Å². The lowest BCUT2D eigenvalue weighted by Crippen LogP contribution is -2.35. The summed E-state index contributed by atoms with van der Waals surface area (Å²) in [6, 6.07) is 10.7. The molecule has 244 valence electrons. The quantitative estimate of drug-likeness (QED) is 0.178. The van der Waals surface area contributed by atoms with Crippen molar-refractivity contribution in [3.05, 3.63) is 75.7 Å². The molecule has 6 rings (SSSR count). The van der Waals surface area contributed by atoms with Gasteiger partial charge in [0.05, 0.1) is 24.3 Å². The lowest BCUT2D eigenvalue weighted by molar-refractivity contribution is 0.0342. The van der Waals surface area contributed by atoms with Gasteiger partial charge in [-0.1, -0.05) is 48.5 Å². The van der Waals surface area contributed by atoms with Crippen molar-refractivity contribution in [2.45, 2.75) is 33.2 Å². The molecule has 0 unspecified atom stereocenters. The largest absolute Gasteiger partial charge is 0.508 e. The number of hydrogen-bond acceptors (Lipinski definition) is 12. The van der Waals surface area contributed by atoms with Gasteiger partial charge in [-0.25, -0.2) is 19.0 Å². The van der Waals surface area contributed by atoms with Crippen molar-refractivity contribution in [2.24, 2.45) is 7.05 Å². The number of aromatic nitrogens is 6. The number of hydrogen-bond donors (Lipinski definition) is 2. The first kappa shape index (κ1) is 31.6. The second kappa shape index (κ2) is 13.1. The summed E-state index contributed by atoms with van der Waals surface area (Å²) in [5.74, 6) is -1.58. The van der Waals surface area contributed by atoms with Crippen LogP contribution < -0.4 is 15.7 Å². The standard InChI is InChI=1S/C32H34N8O7/c1-5-33-30(42)26-25(20-8-6-19(7-9-20)16-39-10-12-45-13-11-39)28(47-36-26)22-14-21(18(2)3)23(41)15-24(22)46-31(43)27-29-35-37-38(4)32(44)40(29)17-34-27/h6-9,14-15,17-18,41H,5,10-13,16H2,1-4H3,(H,33,42). The highest BCUT2D eigenvalue weighted by atomic mass is 16.5. The Bertz CT molecular complexity index is 2010. The van der Waals surface area contributed by atoms with E-state index in [-0.39, 0.29) is 45.8 Å². The minimum atomic E-state index is -0.953. The van der Waals surface area contributed by atoms with Gasteiger partial charge in [-0.15, -0.1) is 5.10 Å². The highest BCUT2D eigenvalue weighted by molar-refractivity contribution is 6.03. The summed E-state index contributed by atoms with van der Waals surface area (Å²) in [4.78, 5) is 45.5. The molecule has 0 aliphatic carbocycles. The smallest absolute Gasteiger partial charge is 0.366 e. The fourth-order valence-electron chi connectivity index (χ4n) is 5.42. The molecule has 1 aliphatic rings. The number of carbonyl (C=O) groups is 2. The number of rotatable bonds is 9. The molecule has 15 heteroatoms. The van der Waals surface area contributed by atoms with Crippen LogP contribution in [0.1, 0.15) is 58.8 Å². The Morgan fingerprint density at radius 1 is 1.11 bits per heavy atom. The van der Waals surface area contributed by atoms with Crippen LogP contribution in [-0.4, -0.2) is 84.3 Å². The first-order valence-corrected chi connectivity index (χ1v) is 15.2. The zero-order valence-corrected chi connectivity index (χ0v) is 26.4. The van der Waals surface area contributed by atoms with Gasteiger partial charge in [-0.3, -0.25) is 9.69 Å². The highest BCUT2D eigenvalue weighted by Crippen LogP contribution is 2.44. The minimum absolute atomic E-state index is 0.0467. The lowest BCUT2D eigenvalue weighted by Gasteiger charge is -2.26. The summed E-state index contributed by atoms with van der Waals surface area (Å²) in [5.41, 5.74) is 2.06. The molecule has 0 radical (unpaired) electrons. The number of phenolic OH excluding ortho intramolecular Hbond substituents is 1. The number of fused-ring (bicyclic) bond motifs is 1. The number of aromatic hydroxyl groups is 1. The SMILES string of the molecule is CCNC(=O)c1noc(-c2cc(C(C)C)c(O)cc2OC(=O)c2ncn3c(=O)n(C)nnc23)c1-c1ccc(CN2CCOCC2)cc1. The Labute approximate surface area is 268 Å².